The average molecular weight is 267 g/mol. The molecule has 0 bridgehead atoms. The highest BCUT2D eigenvalue weighted by Crippen LogP contribution is 2.31. The lowest BCUT2D eigenvalue weighted by Gasteiger charge is -2.33. The van der Waals surface area contributed by atoms with Crippen LogP contribution in [0.2, 0.25) is 0 Å². The molecule has 3 heteroatoms. The lowest BCUT2D eigenvalue weighted by molar-refractivity contribution is -0.145. The van der Waals surface area contributed by atoms with Crippen molar-refractivity contribution in [2.24, 2.45) is 5.92 Å². The second-order valence-electron chi connectivity index (χ2n) is 6.07. The summed E-state index contributed by atoms with van der Waals surface area (Å²) in [5, 5.41) is 0. The van der Waals surface area contributed by atoms with Crippen molar-refractivity contribution in [1.82, 2.24) is 4.90 Å². The quantitative estimate of drug-likeness (QED) is 0.565. The van der Waals surface area contributed by atoms with Gasteiger partial charge in [0.2, 0.25) is 0 Å². The largest absolute Gasteiger partial charge is 0.466 e. The minimum atomic E-state index is 0.00338. The molecule has 1 aliphatic carbocycles. The minimum Gasteiger partial charge on any atom is -0.466 e. The number of rotatable bonds is 5. The molecule has 0 N–H and O–H groups in total. The van der Waals surface area contributed by atoms with Crippen molar-refractivity contribution >= 4 is 5.97 Å². The molecular weight excluding hydrogens is 238 g/mol. The summed E-state index contributed by atoms with van der Waals surface area (Å²) in [5.74, 6) is 0.716. The molecule has 0 spiro atoms. The van der Waals surface area contributed by atoms with E-state index in [0.29, 0.717) is 25.0 Å². The van der Waals surface area contributed by atoms with E-state index in [1.165, 1.54) is 64.5 Å². The Morgan fingerprint density at radius 1 is 1.11 bits per heavy atom. The molecule has 1 unspecified atom stereocenters. The second-order valence-corrected chi connectivity index (χ2v) is 6.07. The van der Waals surface area contributed by atoms with Crippen LogP contribution in [0.5, 0.6) is 0 Å². The molecule has 0 amide bonds. The molecule has 1 aliphatic heterocycles. The lowest BCUT2D eigenvalue weighted by atomic mass is 9.88. The molecule has 19 heavy (non-hydrogen) atoms. The highest BCUT2D eigenvalue weighted by atomic mass is 16.5. The zero-order chi connectivity index (χ0) is 13.5. The van der Waals surface area contributed by atoms with Gasteiger partial charge < -0.3 is 4.74 Å². The van der Waals surface area contributed by atoms with Gasteiger partial charge in [0.15, 0.2) is 0 Å². The van der Waals surface area contributed by atoms with Crippen LogP contribution in [0.15, 0.2) is 0 Å². The third-order valence-corrected chi connectivity index (χ3v) is 4.73. The first kappa shape index (κ1) is 14.8. The first-order chi connectivity index (χ1) is 9.31. The monoisotopic (exact) mass is 267 g/mol. The Hall–Kier alpha value is -0.570. The lowest BCUT2D eigenvalue weighted by Crippen LogP contribution is -2.40. The molecule has 0 aromatic heterocycles. The molecule has 1 saturated carbocycles. The molecule has 2 fully saturated rings. The number of carbonyl (C=O) groups excluding carboxylic acids is 1. The topological polar surface area (TPSA) is 29.5 Å². The van der Waals surface area contributed by atoms with Crippen LogP contribution >= 0.6 is 0 Å². The van der Waals surface area contributed by atoms with Gasteiger partial charge in [0.05, 0.1) is 13.0 Å². The molecule has 1 atom stereocenters. The van der Waals surface area contributed by atoms with E-state index < -0.39 is 0 Å². The molecule has 0 aromatic rings. The summed E-state index contributed by atoms with van der Waals surface area (Å²) in [4.78, 5) is 14.5. The molecule has 2 rings (SSSR count). The number of esters is 1. The standard InChI is InChI=1S/C16H29NO2/c1-2-19-16(18)13-15(17-11-7-8-12-17)14-9-5-3-4-6-10-14/h14-15H,2-13H2,1H3. The van der Waals surface area contributed by atoms with Crippen LogP contribution in [0.4, 0.5) is 0 Å². The van der Waals surface area contributed by atoms with E-state index in [1.54, 1.807) is 0 Å². The summed E-state index contributed by atoms with van der Waals surface area (Å²) in [6.07, 6.45) is 11.3. The van der Waals surface area contributed by atoms with Gasteiger partial charge in [0, 0.05) is 6.04 Å². The molecule has 0 aromatic carbocycles. The fourth-order valence-corrected chi connectivity index (χ4v) is 3.75. The highest BCUT2D eigenvalue weighted by Gasteiger charge is 2.31. The second kappa shape index (κ2) is 7.88. The van der Waals surface area contributed by atoms with Crippen LogP contribution in [0, 0.1) is 5.92 Å². The number of ether oxygens (including phenoxy) is 1. The predicted octanol–water partition coefficient (Wildman–Crippen LogP) is 3.37. The minimum absolute atomic E-state index is 0.00338. The van der Waals surface area contributed by atoms with Crippen molar-refractivity contribution in [2.75, 3.05) is 19.7 Å². The van der Waals surface area contributed by atoms with Gasteiger partial charge in [0.1, 0.15) is 0 Å². The number of hydrogen-bond donors (Lipinski definition) is 0. The zero-order valence-corrected chi connectivity index (χ0v) is 12.4. The molecular formula is C16H29NO2. The van der Waals surface area contributed by atoms with E-state index in [9.17, 15) is 4.79 Å². The Labute approximate surface area is 117 Å². The fraction of sp³-hybridized carbons (Fsp3) is 0.938. The summed E-state index contributed by atoms with van der Waals surface area (Å²) >= 11 is 0. The molecule has 3 nitrogen and oxygen atoms in total. The van der Waals surface area contributed by atoms with E-state index in [2.05, 4.69) is 4.90 Å². The highest BCUT2D eigenvalue weighted by molar-refractivity contribution is 5.70. The van der Waals surface area contributed by atoms with E-state index in [-0.39, 0.29) is 5.97 Å². The van der Waals surface area contributed by atoms with Crippen molar-refractivity contribution in [3.63, 3.8) is 0 Å². The fourth-order valence-electron chi connectivity index (χ4n) is 3.75. The maximum Gasteiger partial charge on any atom is 0.307 e. The van der Waals surface area contributed by atoms with Gasteiger partial charge in [-0.1, -0.05) is 25.7 Å². The van der Waals surface area contributed by atoms with E-state index in [1.807, 2.05) is 6.92 Å². The van der Waals surface area contributed by atoms with E-state index >= 15 is 0 Å². The Morgan fingerprint density at radius 3 is 2.32 bits per heavy atom. The van der Waals surface area contributed by atoms with Crippen molar-refractivity contribution in [2.45, 2.75) is 70.8 Å². The van der Waals surface area contributed by atoms with Crippen LogP contribution in [0.1, 0.15) is 64.7 Å². The summed E-state index contributed by atoms with van der Waals surface area (Å²) < 4.78 is 5.19. The maximum atomic E-state index is 11.9. The van der Waals surface area contributed by atoms with Crippen molar-refractivity contribution < 1.29 is 9.53 Å². The predicted molar refractivity (Wildman–Crippen MR) is 77.0 cm³/mol. The van der Waals surface area contributed by atoms with Crippen LogP contribution in [-0.4, -0.2) is 36.6 Å². The van der Waals surface area contributed by atoms with Gasteiger partial charge in [0.25, 0.3) is 0 Å². The summed E-state index contributed by atoms with van der Waals surface area (Å²) in [6, 6.07) is 0.444. The van der Waals surface area contributed by atoms with Gasteiger partial charge in [-0.05, 0) is 51.6 Å². The molecule has 1 heterocycles. The maximum absolute atomic E-state index is 11.9. The van der Waals surface area contributed by atoms with Crippen LogP contribution < -0.4 is 0 Å². The van der Waals surface area contributed by atoms with Crippen molar-refractivity contribution in [1.29, 1.82) is 0 Å². The SMILES string of the molecule is CCOC(=O)CC(C1CCCCCC1)N1CCCC1. The molecule has 2 aliphatic rings. The Balaban J connectivity index is 1.97. The van der Waals surface area contributed by atoms with E-state index in [0.717, 1.165) is 0 Å². The third kappa shape index (κ3) is 4.48. The summed E-state index contributed by atoms with van der Waals surface area (Å²) in [7, 11) is 0. The number of likely N-dealkylation sites (tertiary alicyclic amines) is 1. The first-order valence-corrected chi connectivity index (χ1v) is 8.21. The van der Waals surface area contributed by atoms with Crippen molar-refractivity contribution in [3.8, 4) is 0 Å². The number of hydrogen-bond acceptors (Lipinski definition) is 3. The summed E-state index contributed by atoms with van der Waals surface area (Å²) in [5.41, 5.74) is 0. The average Bonchev–Trinajstić information content (AvgIpc) is 2.79. The summed E-state index contributed by atoms with van der Waals surface area (Å²) in [6.45, 7) is 4.77. The Bertz CT molecular complexity index is 266. The number of carbonyl (C=O) groups is 1. The Morgan fingerprint density at radius 2 is 1.74 bits per heavy atom. The number of nitrogens with zero attached hydrogens (tertiary/aromatic N) is 1. The molecule has 1 saturated heterocycles. The van der Waals surface area contributed by atoms with Crippen molar-refractivity contribution in [3.05, 3.63) is 0 Å². The molecule has 0 radical (unpaired) electrons. The van der Waals surface area contributed by atoms with Gasteiger partial charge in [-0.25, -0.2) is 0 Å². The van der Waals surface area contributed by atoms with E-state index in [4.69, 9.17) is 4.74 Å². The van der Waals surface area contributed by atoms with Gasteiger partial charge >= 0.3 is 5.97 Å². The first-order valence-electron chi connectivity index (χ1n) is 8.21. The molecule has 110 valence electrons. The smallest absolute Gasteiger partial charge is 0.307 e. The normalized spacial score (nSPS) is 24.1. The van der Waals surface area contributed by atoms with Crippen LogP contribution in [0.25, 0.3) is 0 Å². The van der Waals surface area contributed by atoms with Gasteiger partial charge in [-0.15, -0.1) is 0 Å². The third-order valence-electron chi connectivity index (χ3n) is 4.73. The van der Waals surface area contributed by atoms with Crippen LogP contribution in [-0.2, 0) is 9.53 Å². The van der Waals surface area contributed by atoms with Gasteiger partial charge in [-0.3, -0.25) is 9.69 Å². The van der Waals surface area contributed by atoms with Gasteiger partial charge in [-0.2, -0.15) is 0 Å². The zero-order valence-electron chi connectivity index (χ0n) is 12.4. The van der Waals surface area contributed by atoms with Crippen LogP contribution in [0.3, 0.4) is 0 Å². The Kier molecular flexibility index (Phi) is 6.15.